The number of benzene rings is 1. The fraction of sp³-hybridized carbons (Fsp3) is 0.600. The molecular weight excluding hydrogens is 372 g/mol. The Morgan fingerprint density at radius 1 is 1.17 bits per heavy atom. The maximum absolute atomic E-state index is 13.7. The molecule has 5 heteroatoms. The van der Waals surface area contributed by atoms with E-state index in [1.54, 1.807) is 0 Å². The van der Waals surface area contributed by atoms with Gasteiger partial charge in [-0.2, -0.15) is 5.10 Å². The first-order valence-electron chi connectivity index (χ1n) is 11.5. The van der Waals surface area contributed by atoms with E-state index in [0.717, 1.165) is 24.8 Å². The molecule has 3 aliphatic rings. The van der Waals surface area contributed by atoms with Gasteiger partial charge in [-0.25, -0.2) is 0 Å². The molecule has 2 aliphatic heterocycles. The van der Waals surface area contributed by atoms with Crippen molar-refractivity contribution in [3.63, 3.8) is 0 Å². The molecule has 1 saturated carbocycles. The fourth-order valence-corrected chi connectivity index (χ4v) is 6.83. The van der Waals surface area contributed by atoms with Crippen LogP contribution >= 0.6 is 0 Å². The van der Waals surface area contributed by atoms with Crippen molar-refractivity contribution in [2.24, 2.45) is 5.41 Å². The lowest BCUT2D eigenvalue weighted by Gasteiger charge is -2.49. The van der Waals surface area contributed by atoms with Gasteiger partial charge < -0.3 is 4.90 Å². The highest BCUT2D eigenvalue weighted by atomic mass is 16.2. The number of aryl methyl sites for hydroxylation is 1. The Hall–Kier alpha value is -2.14. The topological polar surface area (TPSA) is 41.4 Å². The van der Waals surface area contributed by atoms with Crippen LogP contribution in [0.1, 0.15) is 50.2 Å². The smallest absolute Gasteiger partial charge is 0.244 e. The number of piperidine rings is 1. The molecule has 3 heterocycles. The van der Waals surface area contributed by atoms with Crippen LogP contribution in [0.4, 0.5) is 0 Å². The van der Waals surface area contributed by atoms with Crippen LogP contribution in [0.3, 0.4) is 0 Å². The molecule has 2 aromatic rings. The van der Waals surface area contributed by atoms with Gasteiger partial charge in [0, 0.05) is 35.8 Å². The van der Waals surface area contributed by atoms with Crippen molar-refractivity contribution in [2.75, 3.05) is 7.05 Å². The van der Waals surface area contributed by atoms with Crippen LogP contribution < -0.4 is 0 Å². The minimum atomic E-state index is 0.193. The summed E-state index contributed by atoms with van der Waals surface area (Å²) in [7, 11) is 2.32. The van der Waals surface area contributed by atoms with E-state index in [4.69, 9.17) is 0 Å². The molecule has 5 nitrogen and oxygen atoms in total. The first kappa shape index (κ1) is 19.8. The van der Waals surface area contributed by atoms with Crippen molar-refractivity contribution in [3.05, 3.63) is 53.9 Å². The van der Waals surface area contributed by atoms with Gasteiger partial charge in [-0.1, -0.05) is 50.1 Å². The van der Waals surface area contributed by atoms with E-state index in [1.807, 2.05) is 24.0 Å². The van der Waals surface area contributed by atoms with E-state index in [1.165, 1.54) is 24.8 Å². The van der Waals surface area contributed by atoms with Crippen LogP contribution in [-0.2, 0) is 17.8 Å². The van der Waals surface area contributed by atoms with Crippen LogP contribution in [0.15, 0.2) is 42.7 Å². The Kier molecular flexibility index (Phi) is 4.97. The summed E-state index contributed by atoms with van der Waals surface area (Å²) in [5.41, 5.74) is 2.66. The Balaban J connectivity index is 1.49. The molecule has 0 unspecified atom stereocenters. The summed E-state index contributed by atoms with van der Waals surface area (Å²) < 4.78 is 1.81. The van der Waals surface area contributed by atoms with Crippen LogP contribution in [0, 0.1) is 12.3 Å². The number of likely N-dealkylation sites (tertiary alicyclic amines) is 2. The molecule has 3 fully saturated rings. The lowest BCUT2D eigenvalue weighted by molar-refractivity contribution is -0.136. The Morgan fingerprint density at radius 3 is 2.60 bits per heavy atom. The van der Waals surface area contributed by atoms with Crippen molar-refractivity contribution >= 4 is 5.91 Å². The summed E-state index contributed by atoms with van der Waals surface area (Å²) in [4.78, 5) is 18.6. The number of carbonyl (C=O) groups is 1. The molecule has 5 atom stereocenters. The lowest BCUT2D eigenvalue weighted by Crippen LogP contribution is -2.58. The monoisotopic (exact) mass is 406 g/mol. The molecule has 0 N–H and O–H groups in total. The van der Waals surface area contributed by atoms with Gasteiger partial charge in [0.25, 0.3) is 0 Å². The molecule has 1 amide bonds. The summed E-state index contributed by atoms with van der Waals surface area (Å²) in [6.45, 7) is 4.84. The number of fused-ring (bicyclic) bond motifs is 1. The number of amides is 1. The first-order chi connectivity index (χ1) is 14.5. The molecule has 1 aliphatic carbocycles. The van der Waals surface area contributed by atoms with Gasteiger partial charge >= 0.3 is 0 Å². The van der Waals surface area contributed by atoms with Crippen LogP contribution in [0.2, 0.25) is 0 Å². The van der Waals surface area contributed by atoms with E-state index in [0.29, 0.717) is 24.7 Å². The standard InChI is InChI=1S/C25H34N4O/c1-18-15-26-28(16-18)17-24(30)29-21-14-25(2)22(11-7-8-12-23(25)29)27(3)20(21)13-19-9-5-4-6-10-19/h4-6,9-10,15-16,20-23H,7-8,11-14,17H2,1-3H3/t20-,21+,22-,23+,25-/m1/s1. The molecule has 0 spiro atoms. The number of hydrogen-bond acceptors (Lipinski definition) is 3. The molecule has 0 radical (unpaired) electrons. The second-order valence-corrected chi connectivity index (χ2v) is 10.0. The van der Waals surface area contributed by atoms with Gasteiger partial charge in [0.1, 0.15) is 6.54 Å². The molecule has 5 rings (SSSR count). The first-order valence-corrected chi connectivity index (χ1v) is 11.5. The zero-order valence-corrected chi connectivity index (χ0v) is 18.5. The quantitative estimate of drug-likeness (QED) is 0.778. The number of carbonyl (C=O) groups excluding carboxylic acids is 1. The van der Waals surface area contributed by atoms with Crippen LogP contribution in [0.5, 0.6) is 0 Å². The highest BCUT2D eigenvalue weighted by Gasteiger charge is 2.61. The zero-order chi connectivity index (χ0) is 20.9. The summed E-state index contributed by atoms with van der Waals surface area (Å²) in [5, 5.41) is 4.39. The maximum Gasteiger partial charge on any atom is 0.244 e. The largest absolute Gasteiger partial charge is 0.333 e. The van der Waals surface area contributed by atoms with Crippen molar-refractivity contribution in [1.29, 1.82) is 0 Å². The molecule has 2 bridgehead atoms. The van der Waals surface area contributed by atoms with Crippen LogP contribution in [0.25, 0.3) is 0 Å². The predicted molar refractivity (Wildman–Crippen MR) is 118 cm³/mol. The zero-order valence-electron chi connectivity index (χ0n) is 18.5. The maximum atomic E-state index is 13.7. The predicted octanol–water partition coefficient (Wildman–Crippen LogP) is 3.67. The highest BCUT2D eigenvalue weighted by Crippen LogP contribution is 2.55. The second kappa shape index (κ2) is 7.52. The van der Waals surface area contributed by atoms with Crippen molar-refractivity contribution < 1.29 is 4.79 Å². The van der Waals surface area contributed by atoms with Gasteiger partial charge in [0.05, 0.1) is 6.20 Å². The summed E-state index contributed by atoms with van der Waals surface area (Å²) in [6, 6.07) is 12.4. The third kappa shape index (κ3) is 3.18. The summed E-state index contributed by atoms with van der Waals surface area (Å²) >= 11 is 0. The molecule has 1 aromatic carbocycles. The third-order valence-electron chi connectivity index (χ3n) is 8.16. The van der Waals surface area contributed by atoms with E-state index < -0.39 is 0 Å². The number of aromatic nitrogens is 2. The minimum Gasteiger partial charge on any atom is -0.333 e. The number of hydrogen-bond donors (Lipinski definition) is 0. The Labute approximate surface area is 180 Å². The molecule has 2 saturated heterocycles. The number of nitrogens with zero attached hydrogens (tertiary/aromatic N) is 4. The van der Waals surface area contributed by atoms with E-state index >= 15 is 0 Å². The fourth-order valence-electron chi connectivity index (χ4n) is 6.83. The molecule has 160 valence electrons. The summed E-state index contributed by atoms with van der Waals surface area (Å²) in [5.74, 6) is 0.242. The van der Waals surface area contributed by atoms with Gasteiger partial charge in [-0.05, 0) is 50.8 Å². The van der Waals surface area contributed by atoms with Gasteiger partial charge in [-0.15, -0.1) is 0 Å². The van der Waals surface area contributed by atoms with E-state index in [-0.39, 0.29) is 17.4 Å². The van der Waals surface area contributed by atoms with Crippen molar-refractivity contribution in [1.82, 2.24) is 19.6 Å². The second-order valence-electron chi connectivity index (χ2n) is 10.0. The Bertz CT molecular complexity index is 909. The van der Waals surface area contributed by atoms with Gasteiger partial charge in [0.15, 0.2) is 0 Å². The average Bonchev–Trinajstić information content (AvgIpc) is 3.19. The van der Waals surface area contributed by atoms with Crippen molar-refractivity contribution in [3.8, 4) is 0 Å². The average molecular weight is 407 g/mol. The van der Waals surface area contributed by atoms with Crippen molar-refractivity contribution in [2.45, 2.75) is 83.1 Å². The van der Waals surface area contributed by atoms with Gasteiger partial charge in [-0.3, -0.25) is 14.4 Å². The van der Waals surface area contributed by atoms with Crippen LogP contribution in [-0.4, -0.2) is 56.7 Å². The third-order valence-corrected chi connectivity index (χ3v) is 8.16. The molecule has 30 heavy (non-hydrogen) atoms. The SMILES string of the molecule is Cc1cnn(CC(=O)N2[C@H]3CCCC[C@H]4N(C)[C@H](Cc5ccccc5)[C@@H]2C[C@@]34C)c1. The lowest BCUT2D eigenvalue weighted by atomic mass is 9.69. The van der Waals surface area contributed by atoms with Gasteiger partial charge in [0.2, 0.25) is 5.91 Å². The molecular formula is C25H34N4O. The number of likely N-dealkylation sites (N-methyl/N-ethyl adjacent to an activating group) is 1. The minimum absolute atomic E-state index is 0.193. The normalized spacial score (nSPS) is 33.5. The number of rotatable bonds is 4. The van der Waals surface area contributed by atoms with E-state index in [9.17, 15) is 4.79 Å². The molecule has 1 aromatic heterocycles. The van der Waals surface area contributed by atoms with E-state index in [2.05, 4.69) is 59.2 Å². The Morgan fingerprint density at radius 2 is 1.90 bits per heavy atom. The highest BCUT2D eigenvalue weighted by molar-refractivity contribution is 5.77. The summed E-state index contributed by atoms with van der Waals surface area (Å²) in [6.07, 6.45) is 10.8.